The van der Waals surface area contributed by atoms with Crippen molar-refractivity contribution in [3.8, 4) is 11.5 Å². The number of halogens is 1. The highest BCUT2D eigenvalue weighted by Gasteiger charge is 2.09. The minimum atomic E-state index is -0.517. The van der Waals surface area contributed by atoms with Gasteiger partial charge in [-0.1, -0.05) is 12.1 Å². The first kappa shape index (κ1) is 15.2. The van der Waals surface area contributed by atoms with E-state index in [0.717, 1.165) is 4.47 Å². The average molecular weight is 351 g/mol. The molecule has 0 heterocycles. The molecule has 110 valence electrons. The molecule has 2 rings (SSSR count). The molecule has 3 N–H and O–H groups in total. The summed E-state index contributed by atoms with van der Waals surface area (Å²) in [6.07, 6.45) is -0.517. The van der Waals surface area contributed by atoms with E-state index in [9.17, 15) is 9.90 Å². The summed E-state index contributed by atoms with van der Waals surface area (Å²) in [6, 6.07) is 13.2. The van der Waals surface area contributed by atoms with Gasteiger partial charge in [0.25, 0.3) is 0 Å². The standard InChI is InChI=1S/C15H15BrN2O3/c1-10(21-12-8-6-11(19)7-9-12)17-15(20)18-14-5-3-2-4-13(14)16/h2-10,19H,1H3,(H2,17,18,20). The van der Waals surface area contributed by atoms with Crippen LogP contribution in [-0.2, 0) is 0 Å². The Balaban J connectivity index is 1.87. The van der Waals surface area contributed by atoms with Crippen LogP contribution in [0.5, 0.6) is 11.5 Å². The molecule has 0 aliphatic carbocycles. The minimum absolute atomic E-state index is 0.162. The molecule has 0 spiro atoms. The van der Waals surface area contributed by atoms with Crippen LogP contribution in [0.2, 0.25) is 0 Å². The zero-order valence-electron chi connectivity index (χ0n) is 11.3. The van der Waals surface area contributed by atoms with Crippen molar-refractivity contribution < 1.29 is 14.6 Å². The first-order valence-corrected chi connectivity index (χ1v) is 7.11. The van der Waals surface area contributed by atoms with E-state index < -0.39 is 6.23 Å². The molecule has 0 aliphatic rings. The number of rotatable bonds is 4. The second-order valence-corrected chi connectivity index (χ2v) is 5.19. The molecular weight excluding hydrogens is 336 g/mol. The maximum atomic E-state index is 11.9. The molecule has 2 aromatic rings. The Hall–Kier alpha value is -2.21. The van der Waals surface area contributed by atoms with Crippen LogP contribution in [0.15, 0.2) is 53.0 Å². The Labute approximate surface area is 131 Å². The van der Waals surface area contributed by atoms with Gasteiger partial charge in [-0.25, -0.2) is 4.79 Å². The number of para-hydroxylation sites is 1. The Kier molecular flexibility index (Phi) is 5.05. The van der Waals surface area contributed by atoms with Crippen LogP contribution in [0.25, 0.3) is 0 Å². The molecule has 6 heteroatoms. The minimum Gasteiger partial charge on any atom is -0.508 e. The number of aromatic hydroxyl groups is 1. The summed E-state index contributed by atoms with van der Waals surface area (Å²) in [6.45, 7) is 1.71. The number of hydrogen-bond donors (Lipinski definition) is 3. The van der Waals surface area contributed by atoms with Gasteiger partial charge in [-0.05, 0) is 59.3 Å². The van der Waals surface area contributed by atoms with Gasteiger partial charge >= 0.3 is 6.03 Å². The summed E-state index contributed by atoms with van der Waals surface area (Å²) < 4.78 is 6.31. The molecule has 0 bridgehead atoms. The van der Waals surface area contributed by atoms with Gasteiger partial charge in [-0.3, -0.25) is 0 Å². The van der Waals surface area contributed by atoms with E-state index in [2.05, 4.69) is 26.6 Å². The van der Waals surface area contributed by atoms with Crippen LogP contribution < -0.4 is 15.4 Å². The zero-order valence-corrected chi connectivity index (χ0v) is 12.9. The van der Waals surface area contributed by atoms with E-state index in [1.807, 2.05) is 18.2 Å². The molecule has 2 amide bonds. The van der Waals surface area contributed by atoms with Crippen molar-refractivity contribution in [3.63, 3.8) is 0 Å². The van der Waals surface area contributed by atoms with Crippen LogP contribution in [0.1, 0.15) is 6.92 Å². The van der Waals surface area contributed by atoms with Gasteiger partial charge in [0.1, 0.15) is 11.5 Å². The summed E-state index contributed by atoms with van der Waals surface area (Å²) >= 11 is 3.35. The summed E-state index contributed by atoms with van der Waals surface area (Å²) in [5.74, 6) is 0.719. The predicted molar refractivity (Wildman–Crippen MR) is 84.5 cm³/mol. The predicted octanol–water partition coefficient (Wildman–Crippen LogP) is 3.70. The normalized spacial score (nSPS) is 11.5. The second kappa shape index (κ2) is 6.99. The molecule has 5 nitrogen and oxygen atoms in total. The third-order valence-corrected chi connectivity index (χ3v) is 3.30. The number of benzene rings is 2. The smallest absolute Gasteiger partial charge is 0.322 e. The van der Waals surface area contributed by atoms with Gasteiger partial charge in [-0.15, -0.1) is 0 Å². The first-order chi connectivity index (χ1) is 10.0. The Morgan fingerprint density at radius 1 is 1.19 bits per heavy atom. The highest BCUT2D eigenvalue weighted by molar-refractivity contribution is 9.10. The summed E-state index contributed by atoms with van der Waals surface area (Å²) in [4.78, 5) is 11.9. The monoisotopic (exact) mass is 350 g/mol. The van der Waals surface area contributed by atoms with E-state index >= 15 is 0 Å². The Morgan fingerprint density at radius 2 is 1.86 bits per heavy atom. The molecule has 21 heavy (non-hydrogen) atoms. The molecule has 0 aromatic heterocycles. The van der Waals surface area contributed by atoms with Crippen molar-refractivity contribution in [2.75, 3.05) is 5.32 Å². The number of hydrogen-bond acceptors (Lipinski definition) is 3. The molecule has 1 unspecified atom stereocenters. The SMILES string of the molecule is CC(NC(=O)Nc1ccccc1Br)Oc1ccc(O)cc1. The lowest BCUT2D eigenvalue weighted by atomic mass is 10.3. The number of phenols is 1. The van der Waals surface area contributed by atoms with Crippen LogP contribution >= 0.6 is 15.9 Å². The summed E-state index contributed by atoms with van der Waals surface area (Å²) in [5, 5.41) is 14.6. The number of urea groups is 1. The van der Waals surface area contributed by atoms with Gasteiger partial charge in [0.15, 0.2) is 6.23 Å². The third kappa shape index (κ3) is 4.68. The fourth-order valence-electron chi connectivity index (χ4n) is 1.66. The fraction of sp³-hybridized carbons (Fsp3) is 0.133. The largest absolute Gasteiger partial charge is 0.508 e. The summed E-state index contributed by atoms with van der Waals surface area (Å²) in [5.41, 5.74) is 0.673. The van der Waals surface area contributed by atoms with E-state index in [0.29, 0.717) is 11.4 Å². The number of carbonyl (C=O) groups excluding carboxylic acids is 1. The molecular formula is C15H15BrN2O3. The topological polar surface area (TPSA) is 70.6 Å². The van der Waals surface area contributed by atoms with Gasteiger partial charge in [0.2, 0.25) is 0 Å². The molecule has 0 radical (unpaired) electrons. The third-order valence-electron chi connectivity index (χ3n) is 2.61. The summed E-state index contributed by atoms with van der Waals surface area (Å²) in [7, 11) is 0. The number of anilines is 1. The lowest BCUT2D eigenvalue weighted by Crippen LogP contribution is -2.39. The number of carbonyl (C=O) groups is 1. The van der Waals surface area contributed by atoms with Crippen molar-refractivity contribution in [2.45, 2.75) is 13.2 Å². The maximum Gasteiger partial charge on any atom is 0.322 e. The first-order valence-electron chi connectivity index (χ1n) is 6.32. The molecule has 0 saturated heterocycles. The average Bonchev–Trinajstić information content (AvgIpc) is 2.44. The number of nitrogens with one attached hydrogen (secondary N) is 2. The number of ether oxygens (including phenoxy) is 1. The van der Waals surface area contributed by atoms with Gasteiger partial charge in [-0.2, -0.15) is 0 Å². The lowest BCUT2D eigenvalue weighted by Gasteiger charge is -2.17. The molecule has 1 atom stereocenters. The van der Waals surface area contributed by atoms with Crippen molar-refractivity contribution >= 4 is 27.6 Å². The zero-order chi connectivity index (χ0) is 15.2. The van der Waals surface area contributed by atoms with E-state index in [-0.39, 0.29) is 11.8 Å². The molecule has 0 fully saturated rings. The number of phenolic OH excluding ortho intramolecular Hbond substituents is 1. The highest BCUT2D eigenvalue weighted by Crippen LogP contribution is 2.21. The van der Waals surface area contributed by atoms with Crippen molar-refractivity contribution in [3.05, 3.63) is 53.0 Å². The number of amides is 2. The van der Waals surface area contributed by atoms with Crippen molar-refractivity contribution in [1.29, 1.82) is 0 Å². The van der Waals surface area contributed by atoms with E-state index in [1.165, 1.54) is 12.1 Å². The second-order valence-electron chi connectivity index (χ2n) is 4.33. The Morgan fingerprint density at radius 3 is 2.52 bits per heavy atom. The van der Waals surface area contributed by atoms with Gasteiger partial charge in [0, 0.05) is 4.47 Å². The van der Waals surface area contributed by atoms with Crippen molar-refractivity contribution in [2.24, 2.45) is 0 Å². The van der Waals surface area contributed by atoms with Crippen LogP contribution in [-0.4, -0.2) is 17.4 Å². The van der Waals surface area contributed by atoms with Crippen LogP contribution in [0, 0.1) is 0 Å². The molecule has 0 saturated carbocycles. The lowest BCUT2D eigenvalue weighted by molar-refractivity contribution is 0.183. The molecule has 2 aromatic carbocycles. The quantitative estimate of drug-likeness (QED) is 0.736. The maximum absolute atomic E-state index is 11.9. The highest BCUT2D eigenvalue weighted by atomic mass is 79.9. The van der Waals surface area contributed by atoms with Crippen LogP contribution in [0.3, 0.4) is 0 Å². The van der Waals surface area contributed by atoms with Crippen molar-refractivity contribution in [1.82, 2.24) is 5.32 Å². The van der Waals surface area contributed by atoms with Crippen LogP contribution in [0.4, 0.5) is 10.5 Å². The van der Waals surface area contributed by atoms with Gasteiger partial charge < -0.3 is 20.5 Å². The van der Waals surface area contributed by atoms with E-state index in [4.69, 9.17) is 4.74 Å². The Bertz CT molecular complexity index is 617. The fourth-order valence-corrected chi connectivity index (χ4v) is 2.05. The van der Waals surface area contributed by atoms with E-state index in [1.54, 1.807) is 25.1 Å². The molecule has 0 aliphatic heterocycles. The van der Waals surface area contributed by atoms with Gasteiger partial charge in [0.05, 0.1) is 5.69 Å².